The van der Waals surface area contributed by atoms with Gasteiger partial charge < -0.3 is 19.1 Å². The van der Waals surface area contributed by atoms with Crippen LogP contribution in [0.5, 0.6) is 11.5 Å². The van der Waals surface area contributed by atoms with E-state index in [9.17, 15) is 14.4 Å². The first-order valence-electron chi connectivity index (χ1n) is 9.43. The van der Waals surface area contributed by atoms with E-state index in [1.165, 1.54) is 6.92 Å². The Morgan fingerprint density at radius 3 is 2.50 bits per heavy atom. The molecule has 2 atom stereocenters. The molecule has 0 saturated heterocycles. The number of ether oxygens (including phenoxy) is 3. The lowest BCUT2D eigenvalue weighted by Crippen LogP contribution is -2.46. The highest BCUT2D eigenvalue weighted by atomic mass is 16.5. The standard InChI is InChI=1S/C21H23NO6/c1-11(23)28-17-5-4-14-20(21(17)25)16(24)10-15-13-9-19(27-3)18(26-2)8-12(13)6-7-22(14)15/h8-9,15,17H,4-7,10H2,1-3H3/t15-,17+/m1/s1. The molecule has 0 amide bonds. The molecule has 7 heteroatoms. The number of Topliss-reactive ketones (excluding diaryl/α,β-unsaturated/α-hetero) is 2. The fourth-order valence-corrected chi connectivity index (χ4v) is 4.57. The first kappa shape index (κ1) is 18.5. The second kappa shape index (κ2) is 6.96. The van der Waals surface area contributed by atoms with Crippen molar-refractivity contribution in [2.45, 2.75) is 44.8 Å². The number of nitrogens with zero attached hydrogens (tertiary/aromatic N) is 1. The van der Waals surface area contributed by atoms with Gasteiger partial charge in [-0.25, -0.2) is 0 Å². The number of carbonyl (C=O) groups excluding carboxylic acids is 3. The minimum Gasteiger partial charge on any atom is -0.493 e. The van der Waals surface area contributed by atoms with Crippen molar-refractivity contribution in [2.24, 2.45) is 0 Å². The number of hydrogen-bond acceptors (Lipinski definition) is 7. The van der Waals surface area contributed by atoms with Crippen molar-refractivity contribution in [1.82, 2.24) is 4.90 Å². The molecule has 0 aromatic heterocycles. The molecule has 0 saturated carbocycles. The molecular weight excluding hydrogens is 362 g/mol. The van der Waals surface area contributed by atoms with Crippen LogP contribution in [0.1, 0.15) is 43.4 Å². The van der Waals surface area contributed by atoms with Crippen LogP contribution in [0.15, 0.2) is 23.4 Å². The minimum absolute atomic E-state index is 0.118. The third kappa shape index (κ3) is 2.85. The zero-order chi connectivity index (χ0) is 20.0. The first-order valence-corrected chi connectivity index (χ1v) is 9.43. The first-order chi connectivity index (χ1) is 13.4. The predicted octanol–water partition coefficient (Wildman–Crippen LogP) is 2.12. The zero-order valence-corrected chi connectivity index (χ0v) is 16.2. The summed E-state index contributed by atoms with van der Waals surface area (Å²) in [6.45, 7) is 2.00. The van der Waals surface area contributed by atoms with Gasteiger partial charge in [0.15, 0.2) is 23.4 Å². The Bertz CT molecular complexity index is 902. The molecule has 28 heavy (non-hydrogen) atoms. The predicted molar refractivity (Wildman–Crippen MR) is 99.1 cm³/mol. The molecule has 1 aliphatic carbocycles. The number of hydrogen-bond donors (Lipinski definition) is 0. The second-order valence-electron chi connectivity index (χ2n) is 7.32. The lowest BCUT2D eigenvalue weighted by molar-refractivity contribution is -0.153. The minimum atomic E-state index is -0.849. The molecule has 7 nitrogen and oxygen atoms in total. The fourth-order valence-electron chi connectivity index (χ4n) is 4.57. The number of methoxy groups -OCH3 is 2. The average molecular weight is 385 g/mol. The maximum absolute atomic E-state index is 12.9. The van der Waals surface area contributed by atoms with Gasteiger partial charge >= 0.3 is 5.97 Å². The van der Waals surface area contributed by atoms with E-state index in [1.54, 1.807) is 14.2 Å². The highest BCUT2D eigenvalue weighted by Gasteiger charge is 2.44. The van der Waals surface area contributed by atoms with Crippen molar-refractivity contribution < 1.29 is 28.6 Å². The van der Waals surface area contributed by atoms with E-state index < -0.39 is 12.1 Å². The molecule has 1 aromatic rings. The largest absolute Gasteiger partial charge is 0.493 e. The summed E-state index contributed by atoms with van der Waals surface area (Å²) in [4.78, 5) is 39.1. The van der Waals surface area contributed by atoms with Crippen LogP contribution in [0.2, 0.25) is 0 Å². The number of allylic oxidation sites excluding steroid dienone is 1. The highest BCUT2D eigenvalue weighted by molar-refractivity contribution is 6.23. The van der Waals surface area contributed by atoms with Crippen molar-refractivity contribution in [1.29, 1.82) is 0 Å². The summed E-state index contributed by atoms with van der Waals surface area (Å²) in [5.41, 5.74) is 3.18. The smallest absolute Gasteiger partial charge is 0.303 e. The third-order valence-electron chi connectivity index (χ3n) is 5.79. The average Bonchev–Trinajstić information content (AvgIpc) is 2.68. The molecule has 0 unspecified atom stereocenters. The fraction of sp³-hybridized carbons (Fsp3) is 0.476. The number of carbonyl (C=O) groups is 3. The summed E-state index contributed by atoms with van der Waals surface area (Å²) >= 11 is 0. The van der Waals surface area contributed by atoms with Gasteiger partial charge in [0.05, 0.1) is 25.8 Å². The molecular formula is C21H23NO6. The summed E-state index contributed by atoms with van der Waals surface area (Å²) < 4.78 is 16.0. The summed E-state index contributed by atoms with van der Waals surface area (Å²) in [5, 5.41) is 0. The van der Waals surface area contributed by atoms with Crippen molar-refractivity contribution in [3.8, 4) is 11.5 Å². The molecule has 148 valence electrons. The van der Waals surface area contributed by atoms with E-state index in [4.69, 9.17) is 14.2 Å². The molecule has 0 fully saturated rings. The molecule has 2 aliphatic heterocycles. The van der Waals surface area contributed by atoms with E-state index in [0.29, 0.717) is 24.3 Å². The SMILES string of the molecule is COc1cc2c(cc1OC)[C@H]1CC(=O)C3=C(CC[C@H](OC(C)=O)C3=O)N1CC2. The molecule has 0 bridgehead atoms. The molecule has 0 N–H and O–H groups in total. The van der Waals surface area contributed by atoms with Crippen LogP contribution in [0.25, 0.3) is 0 Å². The molecule has 0 radical (unpaired) electrons. The Balaban J connectivity index is 1.72. The monoisotopic (exact) mass is 385 g/mol. The number of rotatable bonds is 3. The Morgan fingerprint density at radius 1 is 1.11 bits per heavy atom. The van der Waals surface area contributed by atoms with Gasteiger partial charge in [-0.05, 0) is 42.5 Å². The van der Waals surface area contributed by atoms with Crippen LogP contribution in [-0.4, -0.2) is 49.3 Å². The Labute approximate surface area is 163 Å². The van der Waals surface area contributed by atoms with E-state index in [2.05, 4.69) is 4.90 Å². The van der Waals surface area contributed by atoms with Crippen LogP contribution in [0.3, 0.4) is 0 Å². The quantitative estimate of drug-likeness (QED) is 0.582. The van der Waals surface area contributed by atoms with Gasteiger partial charge in [0, 0.05) is 25.6 Å². The van der Waals surface area contributed by atoms with Crippen LogP contribution in [0.4, 0.5) is 0 Å². The van der Waals surface area contributed by atoms with Gasteiger partial charge in [-0.2, -0.15) is 0 Å². The maximum Gasteiger partial charge on any atom is 0.303 e. The molecule has 4 rings (SSSR count). The van der Waals surface area contributed by atoms with Crippen LogP contribution >= 0.6 is 0 Å². The van der Waals surface area contributed by atoms with E-state index in [1.807, 2.05) is 12.1 Å². The number of benzene rings is 1. The van der Waals surface area contributed by atoms with Gasteiger partial charge in [-0.3, -0.25) is 14.4 Å². The second-order valence-corrected chi connectivity index (χ2v) is 7.32. The summed E-state index contributed by atoms with van der Waals surface area (Å²) in [5.74, 6) is 0.258. The van der Waals surface area contributed by atoms with Crippen LogP contribution in [-0.2, 0) is 25.5 Å². The highest BCUT2D eigenvalue weighted by Crippen LogP contribution is 2.46. The van der Waals surface area contributed by atoms with Crippen molar-refractivity contribution in [3.05, 3.63) is 34.5 Å². The maximum atomic E-state index is 12.9. The van der Waals surface area contributed by atoms with Crippen molar-refractivity contribution in [2.75, 3.05) is 20.8 Å². The topological polar surface area (TPSA) is 82.1 Å². The summed E-state index contributed by atoms with van der Waals surface area (Å²) in [6, 6.07) is 3.80. The Hall–Kier alpha value is -2.83. The summed E-state index contributed by atoms with van der Waals surface area (Å²) in [6.07, 6.45) is 1.12. The van der Waals surface area contributed by atoms with Crippen molar-refractivity contribution in [3.63, 3.8) is 0 Å². The zero-order valence-electron chi connectivity index (χ0n) is 16.2. The number of esters is 1. The summed E-state index contributed by atoms with van der Waals surface area (Å²) in [7, 11) is 3.19. The molecule has 0 spiro atoms. The molecule has 3 aliphatic rings. The van der Waals surface area contributed by atoms with Crippen LogP contribution < -0.4 is 9.47 Å². The van der Waals surface area contributed by atoms with Gasteiger partial charge in [0.2, 0.25) is 5.78 Å². The van der Waals surface area contributed by atoms with Gasteiger partial charge in [-0.1, -0.05) is 0 Å². The van der Waals surface area contributed by atoms with Gasteiger partial charge in [0.25, 0.3) is 0 Å². The van der Waals surface area contributed by atoms with E-state index in [-0.39, 0.29) is 29.6 Å². The number of ketones is 2. The van der Waals surface area contributed by atoms with E-state index in [0.717, 1.165) is 29.8 Å². The van der Waals surface area contributed by atoms with Crippen molar-refractivity contribution >= 4 is 17.5 Å². The lowest BCUT2D eigenvalue weighted by atomic mass is 9.79. The Kier molecular flexibility index (Phi) is 4.61. The molecule has 1 aromatic carbocycles. The lowest BCUT2D eigenvalue weighted by Gasteiger charge is -2.45. The van der Waals surface area contributed by atoms with Gasteiger partial charge in [-0.15, -0.1) is 0 Å². The third-order valence-corrected chi connectivity index (χ3v) is 5.79. The van der Waals surface area contributed by atoms with Crippen LogP contribution in [0, 0.1) is 0 Å². The number of fused-ring (bicyclic) bond motifs is 4. The Morgan fingerprint density at radius 2 is 1.82 bits per heavy atom. The van der Waals surface area contributed by atoms with Gasteiger partial charge in [0.1, 0.15) is 0 Å². The normalized spacial score (nSPS) is 23.6. The molecule has 2 heterocycles. The van der Waals surface area contributed by atoms with E-state index >= 15 is 0 Å².